The Morgan fingerprint density at radius 1 is 1.09 bits per heavy atom. The molecule has 22 heavy (non-hydrogen) atoms. The van der Waals surface area contributed by atoms with Crippen LogP contribution in [0.1, 0.15) is 46.5 Å². The molecule has 0 unspecified atom stereocenters. The van der Waals surface area contributed by atoms with Crippen LogP contribution >= 0.6 is 0 Å². The summed E-state index contributed by atoms with van der Waals surface area (Å²) in [7, 11) is 0. The second kappa shape index (κ2) is 7.45. The highest BCUT2D eigenvalue weighted by atomic mass is 16.3. The predicted molar refractivity (Wildman–Crippen MR) is 83.5 cm³/mol. The molecule has 0 saturated heterocycles. The minimum Gasteiger partial charge on any atom is -0.472 e. The maximum absolute atomic E-state index is 12.0. The van der Waals surface area contributed by atoms with E-state index in [0.717, 1.165) is 12.0 Å². The van der Waals surface area contributed by atoms with Crippen molar-refractivity contribution < 1.29 is 14.0 Å². The second-order valence-corrected chi connectivity index (χ2v) is 5.17. The highest BCUT2D eigenvalue weighted by Crippen LogP contribution is 2.06. The lowest BCUT2D eigenvalue weighted by molar-refractivity contribution is 0.0934. The van der Waals surface area contributed by atoms with Gasteiger partial charge in [-0.15, -0.1) is 0 Å². The van der Waals surface area contributed by atoms with Crippen molar-refractivity contribution in [3.8, 4) is 0 Å². The van der Waals surface area contributed by atoms with Crippen LogP contribution in [-0.4, -0.2) is 17.9 Å². The molecule has 2 aromatic rings. The van der Waals surface area contributed by atoms with Gasteiger partial charge < -0.3 is 15.1 Å². The van der Waals surface area contributed by atoms with Crippen LogP contribution in [-0.2, 0) is 6.54 Å². The van der Waals surface area contributed by atoms with E-state index in [9.17, 15) is 9.59 Å². The molecule has 0 aliphatic heterocycles. The third kappa shape index (κ3) is 4.22. The van der Waals surface area contributed by atoms with Crippen molar-refractivity contribution in [3.63, 3.8) is 0 Å². The van der Waals surface area contributed by atoms with Crippen molar-refractivity contribution in [2.24, 2.45) is 0 Å². The lowest BCUT2D eigenvalue weighted by Gasteiger charge is -2.11. The Bertz CT molecular complexity index is 618. The van der Waals surface area contributed by atoms with Gasteiger partial charge in [-0.2, -0.15) is 0 Å². The molecule has 1 aromatic heterocycles. The second-order valence-electron chi connectivity index (χ2n) is 5.17. The Labute approximate surface area is 129 Å². The van der Waals surface area contributed by atoms with Gasteiger partial charge >= 0.3 is 0 Å². The van der Waals surface area contributed by atoms with Crippen LogP contribution in [0.2, 0.25) is 0 Å². The molecule has 1 aromatic carbocycles. The minimum absolute atomic E-state index is 0.0802. The van der Waals surface area contributed by atoms with E-state index >= 15 is 0 Å². The minimum atomic E-state index is -0.188. The fourth-order valence-electron chi connectivity index (χ4n) is 1.86. The third-order valence-electron chi connectivity index (χ3n) is 3.44. The van der Waals surface area contributed by atoms with Crippen LogP contribution in [0, 0.1) is 0 Å². The topological polar surface area (TPSA) is 71.3 Å². The molecule has 0 saturated carbocycles. The first-order valence-electron chi connectivity index (χ1n) is 7.30. The number of furan rings is 1. The van der Waals surface area contributed by atoms with Gasteiger partial charge in [0.2, 0.25) is 0 Å². The summed E-state index contributed by atoms with van der Waals surface area (Å²) in [6.45, 7) is 4.39. The molecule has 1 atom stereocenters. The first-order valence-corrected chi connectivity index (χ1v) is 7.30. The molecular weight excluding hydrogens is 280 g/mol. The Morgan fingerprint density at radius 2 is 1.82 bits per heavy atom. The van der Waals surface area contributed by atoms with Crippen LogP contribution in [0.25, 0.3) is 0 Å². The molecule has 2 N–H and O–H groups in total. The molecular formula is C17H20N2O3. The van der Waals surface area contributed by atoms with Gasteiger partial charge in [0.25, 0.3) is 11.8 Å². The van der Waals surface area contributed by atoms with E-state index in [4.69, 9.17) is 4.42 Å². The summed E-state index contributed by atoms with van der Waals surface area (Å²) >= 11 is 0. The fourth-order valence-corrected chi connectivity index (χ4v) is 1.86. The molecule has 0 spiro atoms. The summed E-state index contributed by atoms with van der Waals surface area (Å²) in [5.74, 6) is -0.268. The molecule has 0 fully saturated rings. The maximum Gasteiger partial charge on any atom is 0.254 e. The normalized spacial score (nSPS) is 11.7. The van der Waals surface area contributed by atoms with Crippen molar-refractivity contribution in [3.05, 3.63) is 59.5 Å². The molecule has 5 nitrogen and oxygen atoms in total. The van der Waals surface area contributed by atoms with Gasteiger partial charge in [0.1, 0.15) is 6.26 Å². The van der Waals surface area contributed by atoms with E-state index in [1.54, 1.807) is 18.2 Å². The third-order valence-corrected chi connectivity index (χ3v) is 3.44. The molecule has 0 aliphatic rings. The number of hydrogen-bond acceptors (Lipinski definition) is 3. The number of rotatable bonds is 6. The number of carbonyl (C=O) groups is 2. The molecule has 2 rings (SSSR count). The zero-order chi connectivity index (χ0) is 15.9. The highest BCUT2D eigenvalue weighted by molar-refractivity contribution is 5.94. The first kappa shape index (κ1) is 15.8. The van der Waals surface area contributed by atoms with E-state index in [1.165, 1.54) is 12.5 Å². The van der Waals surface area contributed by atoms with Gasteiger partial charge in [0, 0.05) is 18.2 Å². The Hall–Kier alpha value is -2.56. The fraction of sp³-hybridized carbons (Fsp3) is 0.294. The van der Waals surface area contributed by atoms with Gasteiger partial charge in [-0.1, -0.05) is 19.1 Å². The van der Waals surface area contributed by atoms with E-state index in [2.05, 4.69) is 10.6 Å². The lowest BCUT2D eigenvalue weighted by atomic mass is 10.1. The number of nitrogens with one attached hydrogen (secondary N) is 2. The largest absolute Gasteiger partial charge is 0.472 e. The van der Waals surface area contributed by atoms with Crippen LogP contribution < -0.4 is 10.6 Å². The summed E-state index contributed by atoms with van der Waals surface area (Å²) in [5.41, 5.74) is 2.03. The number of benzene rings is 1. The molecule has 0 aliphatic carbocycles. The van der Waals surface area contributed by atoms with Crippen LogP contribution in [0.5, 0.6) is 0 Å². The molecule has 0 radical (unpaired) electrons. The molecule has 2 amide bonds. The van der Waals surface area contributed by atoms with Gasteiger partial charge in [0.15, 0.2) is 0 Å². The summed E-state index contributed by atoms with van der Waals surface area (Å²) in [5, 5.41) is 5.71. The van der Waals surface area contributed by atoms with Crippen molar-refractivity contribution in [1.29, 1.82) is 0 Å². The van der Waals surface area contributed by atoms with Crippen molar-refractivity contribution in [2.45, 2.75) is 32.9 Å². The maximum atomic E-state index is 12.0. The zero-order valence-corrected chi connectivity index (χ0v) is 12.8. The summed E-state index contributed by atoms with van der Waals surface area (Å²) in [6.07, 6.45) is 3.75. The number of hydrogen-bond donors (Lipinski definition) is 2. The standard InChI is InChI=1S/C17H20N2O3/c1-3-12(2)19-17(21)14-6-4-13(5-7-14)10-18-16(20)15-8-9-22-11-15/h4-9,11-12H,3,10H2,1-2H3,(H,18,20)(H,19,21)/t12-/m1/s1. The molecule has 1 heterocycles. The number of carbonyl (C=O) groups excluding carboxylic acids is 2. The van der Waals surface area contributed by atoms with Gasteiger partial charge in [-0.25, -0.2) is 0 Å². The molecule has 116 valence electrons. The van der Waals surface area contributed by atoms with E-state index in [0.29, 0.717) is 17.7 Å². The van der Waals surface area contributed by atoms with Crippen LogP contribution in [0.15, 0.2) is 47.3 Å². The zero-order valence-electron chi connectivity index (χ0n) is 12.8. The SMILES string of the molecule is CC[C@@H](C)NC(=O)c1ccc(CNC(=O)c2ccoc2)cc1. The Morgan fingerprint density at radius 3 is 2.41 bits per heavy atom. The van der Waals surface area contributed by atoms with Gasteiger partial charge in [-0.3, -0.25) is 9.59 Å². The highest BCUT2D eigenvalue weighted by Gasteiger charge is 2.09. The predicted octanol–water partition coefficient (Wildman–Crippen LogP) is 2.74. The van der Waals surface area contributed by atoms with E-state index < -0.39 is 0 Å². The van der Waals surface area contributed by atoms with E-state index in [-0.39, 0.29) is 17.9 Å². The molecule has 5 heteroatoms. The van der Waals surface area contributed by atoms with Gasteiger partial charge in [-0.05, 0) is 37.1 Å². The van der Waals surface area contributed by atoms with Crippen molar-refractivity contribution in [1.82, 2.24) is 10.6 Å². The Kier molecular flexibility index (Phi) is 5.36. The van der Waals surface area contributed by atoms with Crippen LogP contribution in [0.4, 0.5) is 0 Å². The lowest BCUT2D eigenvalue weighted by Crippen LogP contribution is -2.31. The first-order chi connectivity index (χ1) is 10.6. The summed E-state index contributed by atoms with van der Waals surface area (Å²) in [4.78, 5) is 23.7. The summed E-state index contributed by atoms with van der Waals surface area (Å²) < 4.78 is 4.87. The summed E-state index contributed by atoms with van der Waals surface area (Å²) in [6, 6.07) is 8.95. The Balaban J connectivity index is 1.89. The smallest absolute Gasteiger partial charge is 0.254 e. The quantitative estimate of drug-likeness (QED) is 0.861. The van der Waals surface area contributed by atoms with Crippen LogP contribution in [0.3, 0.4) is 0 Å². The number of amides is 2. The average Bonchev–Trinajstić information content (AvgIpc) is 3.07. The van der Waals surface area contributed by atoms with Gasteiger partial charge in [0.05, 0.1) is 11.8 Å². The van der Waals surface area contributed by atoms with Crippen molar-refractivity contribution >= 4 is 11.8 Å². The van der Waals surface area contributed by atoms with E-state index in [1.807, 2.05) is 26.0 Å². The average molecular weight is 300 g/mol. The monoisotopic (exact) mass is 300 g/mol. The van der Waals surface area contributed by atoms with Crippen molar-refractivity contribution in [2.75, 3.05) is 0 Å². The molecule has 0 bridgehead atoms.